The molecule has 0 aromatic heterocycles. The summed E-state index contributed by atoms with van der Waals surface area (Å²) in [5.74, 6) is 0. The van der Waals surface area contributed by atoms with Crippen molar-refractivity contribution >= 4 is 0 Å². The summed E-state index contributed by atoms with van der Waals surface area (Å²) in [4.78, 5) is 0. The largest absolute Gasteiger partial charge is 0.0961 e. The van der Waals surface area contributed by atoms with Gasteiger partial charge in [0.2, 0.25) is 0 Å². The molecule has 0 spiro atoms. The molecule has 0 unspecified atom stereocenters. The first-order valence-electron chi connectivity index (χ1n) is 8.35. The smallest absolute Gasteiger partial charge is 0.0262 e. The second-order valence-electron chi connectivity index (χ2n) is 4.79. The third-order valence-corrected chi connectivity index (χ3v) is 2.45. The molecule has 0 aliphatic rings. The van der Waals surface area contributed by atoms with Gasteiger partial charge < -0.3 is 0 Å². The molecule has 0 bridgehead atoms. The van der Waals surface area contributed by atoms with Gasteiger partial charge in [-0.3, -0.25) is 0 Å². The zero-order chi connectivity index (χ0) is 19.7. The molecule has 0 heteroatoms. The molecule has 132 valence electrons. The molecule has 0 saturated carbocycles. The lowest BCUT2D eigenvalue weighted by atomic mass is 10.0. The Kier molecular flexibility index (Phi) is 18.8. The van der Waals surface area contributed by atoms with Gasteiger partial charge in [-0.15, -0.1) is 0 Å². The van der Waals surface area contributed by atoms with Crippen LogP contribution in [-0.2, 0) is 0 Å². The first kappa shape index (κ1) is 26.6. The molecular formula is C24H36. The van der Waals surface area contributed by atoms with E-state index in [1.807, 2.05) is 78.0 Å². The van der Waals surface area contributed by atoms with Crippen molar-refractivity contribution in [2.75, 3.05) is 0 Å². The highest BCUT2D eigenvalue weighted by atomic mass is 14.0. The van der Waals surface area contributed by atoms with E-state index in [2.05, 4.69) is 39.5 Å². The Morgan fingerprint density at radius 1 is 0.417 bits per heavy atom. The quantitative estimate of drug-likeness (QED) is 0.396. The molecule has 0 rings (SSSR count). The molecule has 0 amide bonds. The normalized spacial score (nSPS) is 9.75. The third-order valence-electron chi connectivity index (χ3n) is 2.45. The molecule has 0 aliphatic carbocycles. The maximum absolute atomic E-state index is 3.97. The van der Waals surface area contributed by atoms with Crippen LogP contribution in [0, 0.1) is 0 Å². The monoisotopic (exact) mass is 324 g/mol. The van der Waals surface area contributed by atoms with Crippen molar-refractivity contribution in [3.8, 4) is 0 Å². The van der Waals surface area contributed by atoms with E-state index < -0.39 is 0 Å². The predicted octanol–water partition coefficient (Wildman–Crippen LogP) is 8.08. The van der Waals surface area contributed by atoms with E-state index in [0.717, 1.165) is 33.4 Å². The molecule has 0 nitrogen and oxygen atoms in total. The molecule has 0 aromatic rings. The molecular weight excluding hydrogens is 288 g/mol. The van der Waals surface area contributed by atoms with E-state index in [4.69, 9.17) is 0 Å². The maximum atomic E-state index is 3.97. The second kappa shape index (κ2) is 17.0. The Bertz CT molecular complexity index is 493. The van der Waals surface area contributed by atoms with Crippen molar-refractivity contribution < 1.29 is 0 Å². The van der Waals surface area contributed by atoms with Crippen LogP contribution in [0.25, 0.3) is 0 Å². The van der Waals surface area contributed by atoms with E-state index in [9.17, 15) is 0 Å². The third kappa shape index (κ3) is 16.0. The fourth-order valence-electron chi connectivity index (χ4n) is 1.12. The van der Waals surface area contributed by atoms with E-state index in [1.54, 1.807) is 0 Å². The van der Waals surface area contributed by atoms with Crippen molar-refractivity contribution in [2.45, 2.75) is 41.5 Å². The van der Waals surface area contributed by atoms with Crippen LogP contribution in [0.5, 0.6) is 0 Å². The molecule has 0 saturated heterocycles. The zero-order valence-corrected chi connectivity index (χ0v) is 16.7. The number of rotatable bonds is 8. The van der Waals surface area contributed by atoms with E-state index >= 15 is 0 Å². The first-order chi connectivity index (χ1) is 11.2. The van der Waals surface area contributed by atoms with Gasteiger partial charge in [0.15, 0.2) is 0 Å². The van der Waals surface area contributed by atoms with Crippen molar-refractivity contribution in [1.82, 2.24) is 0 Å². The average molecular weight is 325 g/mol. The summed E-state index contributed by atoms with van der Waals surface area (Å²) >= 11 is 0. The van der Waals surface area contributed by atoms with Gasteiger partial charge in [-0.2, -0.15) is 0 Å². The number of hydrogen-bond donors (Lipinski definition) is 0. The summed E-state index contributed by atoms with van der Waals surface area (Å²) in [5, 5.41) is 0. The van der Waals surface area contributed by atoms with Gasteiger partial charge in [-0.05, 0) is 36.1 Å². The highest BCUT2D eigenvalue weighted by Gasteiger charge is 1.94. The van der Waals surface area contributed by atoms with Crippen LogP contribution in [0.15, 0.2) is 109 Å². The SMILES string of the molecule is C=C(C)/C=C\C(=C)C(=C)/C=C\C(=C)C(=C)/C=C\C(=C)C.CC.CC. The zero-order valence-electron chi connectivity index (χ0n) is 16.7. The summed E-state index contributed by atoms with van der Waals surface area (Å²) < 4.78 is 0. The van der Waals surface area contributed by atoms with E-state index in [0.29, 0.717) is 0 Å². The van der Waals surface area contributed by atoms with E-state index in [1.165, 1.54) is 0 Å². The molecule has 0 radical (unpaired) electrons. The standard InChI is InChI=1S/C20H24.2C2H6/c1-15(2)9-11-17(5)19(7)13-14-20(8)18(6)12-10-16(3)4;2*1-2/h9-14H,1,3,5-8H2,2,4H3;2*1-2H3/b11-9-,12-10-,14-13-;;. The Balaban J connectivity index is -0.00000102. The molecule has 0 atom stereocenters. The summed E-state index contributed by atoms with van der Waals surface area (Å²) in [6.07, 6.45) is 11.4. The first-order valence-corrected chi connectivity index (χ1v) is 8.35. The summed E-state index contributed by atoms with van der Waals surface area (Å²) in [6, 6.07) is 0. The van der Waals surface area contributed by atoms with Gasteiger partial charge in [-0.1, -0.05) is 115 Å². The fraction of sp³-hybridized carbons (Fsp3) is 0.250. The molecule has 0 heterocycles. The van der Waals surface area contributed by atoms with Crippen molar-refractivity contribution in [3.05, 3.63) is 109 Å². The van der Waals surface area contributed by atoms with E-state index in [-0.39, 0.29) is 0 Å². The van der Waals surface area contributed by atoms with Gasteiger partial charge in [0.25, 0.3) is 0 Å². The minimum atomic E-state index is 0.834. The predicted molar refractivity (Wildman–Crippen MR) is 116 cm³/mol. The lowest BCUT2D eigenvalue weighted by molar-refractivity contribution is 1.50. The summed E-state index contributed by atoms with van der Waals surface area (Å²) in [5.41, 5.74) is 5.32. The Morgan fingerprint density at radius 3 is 0.750 bits per heavy atom. The highest BCUT2D eigenvalue weighted by molar-refractivity contribution is 5.49. The fourth-order valence-corrected chi connectivity index (χ4v) is 1.12. The van der Waals surface area contributed by atoms with Crippen LogP contribution in [0.4, 0.5) is 0 Å². The second-order valence-corrected chi connectivity index (χ2v) is 4.79. The number of hydrogen-bond acceptors (Lipinski definition) is 0. The van der Waals surface area contributed by atoms with Gasteiger partial charge in [0.05, 0.1) is 0 Å². The van der Waals surface area contributed by atoms with Crippen LogP contribution in [0.2, 0.25) is 0 Å². The molecule has 0 aromatic carbocycles. The minimum Gasteiger partial charge on any atom is -0.0961 e. The van der Waals surface area contributed by atoms with Crippen LogP contribution in [0.3, 0.4) is 0 Å². The van der Waals surface area contributed by atoms with Crippen molar-refractivity contribution in [1.29, 1.82) is 0 Å². The van der Waals surface area contributed by atoms with Gasteiger partial charge in [-0.25, -0.2) is 0 Å². The van der Waals surface area contributed by atoms with Crippen LogP contribution in [0.1, 0.15) is 41.5 Å². The van der Waals surface area contributed by atoms with Gasteiger partial charge in [0.1, 0.15) is 0 Å². The lowest BCUT2D eigenvalue weighted by Gasteiger charge is -2.02. The van der Waals surface area contributed by atoms with Crippen LogP contribution >= 0.6 is 0 Å². The number of allylic oxidation sites excluding steroid dienone is 12. The molecule has 0 N–H and O–H groups in total. The van der Waals surface area contributed by atoms with Gasteiger partial charge >= 0.3 is 0 Å². The van der Waals surface area contributed by atoms with Crippen LogP contribution < -0.4 is 0 Å². The summed E-state index contributed by atoms with van der Waals surface area (Å²) in [7, 11) is 0. The topological polar surface area (TPSA) is 0 Å². The Hall–Kier alpha value is -2.34. The van der Waals surface area contributed by atoms with Crippen LogP contribution in [-0.4, -0.2) is 0 Å². The highest BCUT2D eigenvalue weighted by Crippen LogP contribution is 2.14. The van der Waals surface area contributed by atoms with Crippen molar-refractivity contribution in [2.24, 2.45) is 0 Å². The molecule has 0 aliphatic heterocycles. The molecule has 24 heavy (non-hydrogen) atoms. The molecule has 0 fully saturated rings. The average Bonchev–Trinajstić information content (AvgIpc) is 2.58. The van der Waals surface area contributed by atoms with Gasteiger partial charge in [0, 0.05) is 0 Å². The Morgan fingerprint density at radius 2 is 0.583 bits per heavy atom. The Labute approximate surface area is 151 Å². The summed E-state index contributed by atoms with van der Waals surface area (Å²) in [6.45, 7) is 35.3. The van der Waals surface area contributed by atoms with Crippen molar-refractivity contribution in [3.63, 3.8) is 0 Å². The lowest BCUT2D eigenvalue weighted by Crippen LogP contribution is -1.82. The maximum Gasteiger partial charge on any atom is -0.0262 e. The minimum absolute atomic E-state index is 0.834.